The zero-order chi connectivity index (χ0) is 32.5. The molecule has 0 aliphatic heterocycles. The number of hydrogen-bond donors (Lipinski definition) is 2. The van der Waals surface area contributed by atoms with Gasteiger partial charge >= 0.3 is 0 Å². The lowest BCUT2D eigenvalue weighted by molar-refractivity contribution is -0.0424. The number of aromatic nitrogens is 7. The number of halogens is 2. The Morgan fingerprint density at radius 1 is 0.979 bits per heavy atom. The number of imidazole rings is 1. The number of methoxy groups -OCH3 is 1. The van der Waals surface area contributed by atoms with Gasteiger partial charge in [-0.15, -0.1) is 5.10 Å². The maximum Gasteiger partial charge on any atom is 0.214 e. The Balaban J connectivity index is 1.07. The van der Waals surface area contributed by atoms with Gasteiger partial charge < -0.3 is 24.3 Å². The van der Waals surface area contributed by atoms with Gasteiger partial charge in [0, 0.05) is 54.9 Å². The molecule has 4 aromatic heterocycles. The molecule has 4 heterocycles. The summed E-state index contributed by atoms with van der Waals surface area (Å²) in [5, 5.41) is 23.8. The van der Waals surface area contributed by atoms with Gasteiger partial charge in [-0.3, -0.25) is 0 Å². The molecule has 0 amide bonds. The number of pyridine rings is 2. The third-order valence-corrected chi connectivity index (χ3v) is 8.04. The SMILES string of the molecule is COCCn1c(Cc2cc(F)c(-c3cccc(OCc4ccc(-n5cnc(C6CC6)n5)nc4)n3)cc2F)nc2ccc(C(O)O)cc21. The molecule has 11 nitrogen and oxygen atoms in total. The number of rotatable bonds is 12. The van der Waals surface area contributed by atoms with Crippen LogP contribution in [0, 0.1) is 11.6 Å². The molecule has 0 saturated heterocycles. The van der Waals surface area contributed by atoms with Gasteiger partial charge in [0.15, 0.2) is 17.9 Å². The third kappa shape index (κ3) is 6.59. The topological polar surface area (TPSA) is 133 Å². The lowest BCUT2D eigenvalue weighted by Gasteiger charge is -2.12. The molecule has 1 saturated carbocycles. The molecular weight excluding hydrogens is 608 g/mol. The fraction of sp³-hybridized carbons (Fsp3) is 0.265. The second-order valence-corrected chi connectivity index (χ2v) is 11.4. The van der Waals surface area contributed by atoms with Crippen LogP contribution in [0.2, 0.25) is 0 Å². The average Bonchev–Trinajstić information content (AvgIpc) is 3.71. The predicted octanol–water partition coefficient (Wildman–Crippen LogP) is 5.03. The van der Waals surface area contributed by atoms with Gasteiger partial charge in [0.1, 0.15) is 30.4 Å². The highest BCUT2D eigenvalue weighted by atomic mass is 19.1. The number of aliphatic hydroxyl groups excluding tert-OH is 1. The minimum Gasteiger partial charge on any atom is -0.473 e. The summed E-state index contributed by atoms with van der Waals surface area (Å²) in [6, 6.07) is 15.7. The fourth-order valence-electron chi connectivity index (χ4n) is 5.36. The summed E-state index contributed by atoms with van der Waals surface area (Å²) in [4.78, 5) is 17.8. The van der Waals surface area contributed by atoms with Gasteiger partial charge in [0.2, 0.25) is 5.88 Å². The molecule has 2 N–H and O–H groups in total. The van der Waals surface area contributed by atoms with Gasteiger partial charge in [0.05, 0.1) is 23.3 Å². The molecule has 47 heavy (non-hydrogen) atoms. The molecule has 1 aliphatic carbocycles. The van der Waals surface area contributed by atoms with Crippen LogP contribution in [0.15, 0.2) is 73.2 Å². The van der Waals surface area contributed by atoms with E-state index in [1.54, 1.807) is 65.3 Å². The van der Waals surface area contributed by atoms with Gasteiger partial charge in [-0.25, -0.2) is 33.4 Å². The molecule has 0 bridgehead atoms. The van der Waals surface area contributed by atoms with Crippen molar-refractivity contribution < 1.29 is 28.5 Å². The number of ether oxygens (including phenoxy) is 2. The zero-order valence-corrected chi connectivity index (χ0v) is 25.4. The minimum absolute atomic E-state index is 0.000431. The maximum absolute atomic E-state index is 15.5. The normalized spacial score (nSPS) is 13.1. The summed E-state index contributed by atoms with van der Waals surface area (Å²) in [5.74, 6) is 1.42. The fourth-order valence-corrected chi connectivity index (χ4v) is 5.36. The summed E-state index contributed by atoms with van der Waals surface area (Å²) in [6.45, 7) is 0.901. The van der Waals surface area contributed by atoms with Crippen molar-refractivity contribution in [3.63, 3.8) is 0 Å². The van der Waals surface area contributed by atoms with Crippen molar-refractivity contribution in [3.05, 3.63) is 113 Å². The maximum atomic E-state index is 15.5. The molecule has 7 rings (SSSR count). The van der Waals surface area contributed by atoms with E-state index in [1.807, 2.05) is 12.1 Å². The minimum atomic E-state index is -1.65. The third-order valence-electron chi connectivity index (χ3n) is 8.04. The summed E-state index contributed by atoms with van der Waals surface area (Å²) in [7, 11) is 1.56. The van der Waals surface area contributed by atoms with Crippen molar-refractivity contribution in [3.8, 4) is 23.0 Å². The highest BCUT2D eigenvalue weighted by Crippen LogP contribution is 2.37. The van der Waals surface area contributed by atoms with Gasteiger partial charge in [-0.05, 0) is 54.8 Å². The first kappa shape index (κ1) is 30.5. The summed E-state index contributed by atoms with van der Waals surface area (Å²) < 4.78 is 45.6. The Labute approximate surface area is 268 Å². The summed E-state index contributed by atoms with van der Waals surface area (Å²) in [5.41, 5.74) is 2.64. The number of fused-ring (bicyclic) bond motifs is 1. The lowest BCUT2D eigenvalue weighted by Crippen LogP contribution is -2.10. The monoisotopic (exact) mass is 639 g/mol. The van der Waals surface area contributed by atoms with Crippen LogP contribution in [0.4, 0.5) is 8.78 Å². The first-order chi connectivity index (χ1) is 22.9. The van der Waals surface area contributed by atoms with E-state index in [1.165, 1.54) is 0 Å². The first-order valence-electron chi connectivity index (χ1n) is 15.2. The van der Waals surface area contributed by atoms with E-state index < -0.39 is 17.9 Å². The Hall–Kier alpha value is -5.11. The summed E-state index contributed by atoms with van der Waals surface area (Å²) >= 11 is 0. The van der Waals surface area contributed by atoms with Crippen LogP contribution in [-0.2, 0) is 24.3 Å². The van der Waals surface area contributed by atoms with E-state index >= 15 is 8.78 Å². The van der Waals surface area contributed by atoms with Crippen molar-refractivity contribution in [1.82, 2.24) is 34.3 Å². The molecule has 1 aliphatic rings. The van der Waals surface area contributed by atoms with Crippen molar-refractivity contribution in [2.75, 3.05) is 13.7 Å². The van der Waals surface area contributed by atoms with E-state index in [2.05, 4.69) is 25.0 Å². The Bertz CT molecular complexity index is 2040. The van der Waals surface area contributed by atoms with E-state index in [-0.39, 0.29) is 35.7 Å². The van der Waals surface area contributed by atoms with Crippen LogP contribution in [0.1, 0.15) is 53.4 Å². The van der Waals surface area contributed by atoms with Crippen LogP contribution in [-0.4, -0.2) is 58.2 Å². The average molecular weight is 640 g/mol. The largest absolute Gasteiger partial charge is 0.473 e. The summed E-state index contributed by atoms with van der Waals surface area (Å²) in [6.07, 6.45) is 3.94. The molecule has 0 radical (unpaired) electrons. The molecule has 2 aromatic carbocycles. The van der Waals surface area contributed by atoms with Crippen molar-refractivity contribution in [2.24, 2.45) is 0 Å². The van der Waals surface area contributed by atoms with E-state index in [4.69, 9.17) is 9.47 Å². The lowest BCUT2D eigenvalue weighted by atomic mass is 10.0. The van der Waals surface area contributed by atoms with Gasteiger partial charge in [-0.2, -0.15) is 0 Å². The Morgan fingerprint density at radius 2 is 1.85 bits per heavy atom. The van der Waals surface area contributed by atoms with Crippen molar-refractivity contribution >= 4 is 11.0 Å². The number of benzene rings is 2. The molecule has 0 unspecified atom stereocenters. The van der Waals surface area contributed by atoms with Crippen molar-refractivity contribution in [2.45, 2.75) is 44.6 Å². The van der Waals surface area contributed by atoms with E-state index in [9.17, 15) is 10.2 Å². The van der Waals surface area contributed by atoms with E-state index in [0.29, 0.717) is 47.3 Å². The predicted molar refractivity (Wildman–Crippen MR) is 167 cm³/mol. The second-order valence-electron chi connectivity index (χ2n) is 11.4. The van der Waals surface area contributed by atoms with Gasteiger partial charge in [-0.1, -0.05) is 18.2 Å². The molecule has 240 valence electrons. The number of nitrogens with zero attached hydrogens (tertiary/aromatic N) is 7. The molecule has 0 spiro atoms. The molecule has 0 atom stereocenters. The van der Waals surface area contributed by atoms with E-state index in [0.717, 1.165) is 36.4 Å². The standard InChI is InChI=1S/C34H31F2N7O4/c1-46-12-11-42-29-14-22(34(44)45)8-9-28(29)39-31(42)15-23-13-26(36)24(16-25(23)35)27-3-2-4-32(40-27)47-18-20-5-10-30(37-17-20)43-19-38-33(41-43)21-6-7-21/h2-5,8-10,13-14,16-17,19,21,34,44-45H,6-7,11-12,15,18H2,1H3. The molecule has 13 heteroatoms. The van der Waals surface area contributed by atoms with Crippen LogP contribution in [0.5, 0.6) is 5.88 Å². The van der Waals surface area contributed by atoms with Crippen LogP contribution in [0.25, 0.3) is 28.1 Å². The van der Waals surface area contributed by atoms with Crippen LogP contribution >= 0.6 is 0 Å². The highest BCUT2D eigenvalue weighted by Gasteiger charge is 2.27. The number of aliphatic hydroxyl groups is 2. The highest BCUT2D eigenvalue weighted by molar-refractivity contribution is 5.77. The smallest absolute Gasteiger partial charge is 0.214 e. The molecule has 1 fully saturated rings. The zero-order valence-electron chi connectivity index (χ0n) is 25.4. The van der Waals surface area contributed by atoms with Crippen molar-refractivity contribution in [1.29, 1.82) is 0 Å². The molecular formula is C34H31F2N7O4. The van der Waals surface area contributed by atoms with Gasteiger partial charge in [0.25, 0.3) is 0 Å². The Morgan fingerprint density at radius 3 is 2.62 bits per heavy atom. The Kier molecular flexibility index (Phi) is 8.41. The van der Waals surface area contributed by atoms with Crippen LogP contribution < -0.4 is 4.74 Å². The number of hydrogen-bond acceptors (Lipinski definition) is 9. The molecule has 6 aromatic rings. The second kappa shape index (κ2) is 12.9. The first-order valence-corrected chi connectivity index (χ1v) is 15.2. The quantitative estimate of drug-likeness (QED) is 0.177. The van der Waals surface area contributed by atoms with Crippen LogP contribution in [0.3, 0.4) is 0 Å².